The second-order valence-corrected chi connectivity index (χ2v) is 4.82. The average molecular weight is 240 g/mol. The van der Waals surface area contributed by atoms with Crippen LogP contribution in [0.5, 0.6) is 5.75 Å². The second kappa shape index (κ2) is 5.26. The fourth-order valence-electron chi connectivity index (χ4n) is 2.53. The average Bonchev–Trinajstić information content (AvgIpc) is 2.38. The van der Waals surface area contributed by atoms with Gasteiger partial charge in [-0.15, -0.1) is 0 Å². The molecule has 0 amide bonds. The Bertz CT molecular complexity index is 541. The van der Waals surface area contributed by atoms with E-state index < -0.39 is 0 Å². The molecule has 0 aromatic heterocycles. The van der Waals surface area contributed by atoms with Crippen molar-refractivity contribution >= 4 is 0 Å². The predicted molar refractivity (Wildman–Crippen MR) is 77.0 cm³/mol. The van der Waals surface area contributed by atoms with Gasteiger partial charge >= 0.3 is 0 Å². The molecule has 2 aromatic carbocycles. The van der Waals surface area contributed by atoms with E-state index >= 15 is 0 Å². The first kappa shape index (κ1) is 12.7. The molecular weight excluding hydrogens is 220 g/mol. The minimum Gasteiger partial charge on any atom is -0.507 e. The van der Waals surface area contributed by atoms with Gasteiger partial charge in [-0.3, -0.25) is 0 Å². The van der Waals surface area contributed by atoms with Gasteiger partial charge in [0, 0.05) is 0 Å². The lowest BCUT2D eigenvalue weighted by molar-refractivity contribution is 0.467. The molecule has 1 N–H and O–H groups in total. The zero-order chi connectivity index (χ0) is 13.1. The number of aryl methyl sites for hydroxylation is 2. The Morgan fingerprint density at radius 2 is 1.72 bits per heavy atom. The predicted octanol–water partition coefficient (Wildman–Crippen LogP) is 4.63. The van der Waals surface area contributed by atoms with Crippen LogP contribution < -0.4 is 0 Å². The van der Waals surface area contributed by atoms with E-state index in [1.807, 2.05) is 32.0 Å². The third kappa shape index (κ3) is 2.26. The molecule has 0 spiro atoms. The van der Waals surface area contributed by atoms with Crippen LogP contribution >= 0.6 is 0 Å². The fraction of sp³-hybridized carbons (Fsp3) is 0.294. The van der Waals surface area contributed by atoms with Crippen molar-refractivity contribution in [2.45, 2.75) is 33.6 Å². The lowest BCUT2D eigenvalue weighted by Crippen LogP contribution is -1.95. The minimum absolute atomic E-state index is 0.425. The first-order chi connectivity index (χ1) is 8.65. The molecule has 1 heteroatoms. The molecule has 0 atom stereocenters. The van der Waals surface area contributed by atoms with E-state index in [2.05, 4.69) is 25.1 Å². The van der Waals surface area contributed by atoms with Gasteiger partial charge in [0.1, 0.15) is 5.75 Å². The van der Waals surface area contributed by atoms with Crippen LogP contribution in [0.1, 0.15) is 30.0 Å². The van der Waals surface area contributed by atoms with E-state index in [9.17, 15) is 5.11 Å². The van der Waals surface area contributed by atoms with Crippen molar-refractivity contribution in [1.29, 1.82) is 0 Å². The highest BCUT2D eigenvalue weighted by Crippen LogP contribution is 2.35. The second-order valence-electron chi connectivity index (χ2n) is 4.82. The summed E-state index contributed by atoms with van der Waals surface area (Å²) >= 11 is 0. The van der Waals surface area contributed by atoms with Gasteiger partial charge in [0.25, 0.3) is 0 Å². The van der Waals surface area contributed by atoms with Crippen LogP contribution in [0.15, 0.2) is 36.4 Å². The third-order valence-electron chi connectivity index (χ3n) is 3.40. The highest BCUT2D eigenvalue weighted by molar-refractivity contribution is 5.74. The number of hydrogen-bond acceptors (Lipinski definition) is 1. The highest BCUT2D eigenvalue weighted by atomic mass is 16.3. The van der Waals surface area contributed by atoms with Crippen molar-refractivity contribution in [3.05, 3.63) is 53.1 Å². The third-order valence-corrected chi connectivity index (χ3v) is 3.40. The van der Waals surface area contributed by atoms with Gasteiger partial charge in [-0.25, -0.2) is 0 Å². The standard InChI is InChI=1S/C17H20O/c1-4-8-15-11-12(2)17(18)13(3)16(15)14-9-6-5-7-10-14/h5-7,9-11,18H,4,8H2,1-3H3. The van der Waals surface area contributed by atoms with Crippen molar-refractivity contribution in [2.75, 3.05) is 0 Å². The summed E-state index contributed by atoms with van der Waals surface area (Å²) in [6.45, 7) is 6.16. The summed E-state index contributed by atoms with van der Waals surface area (Å²) in [6.07, 6.45) is 2.16. The molecule has 0 radical (unpaired) electrons. The largest absolute Gasteiger partial charge is 0.507 e. The van der Waals surface area contributed by atoms with Crippen molar-refractivity contribution in [3.8, 4) is 16.9 Å². The van der Waals surface area contributed by atoms with Crippen molar-refractivity contribution in [1.82, 2.24) is 0 Å². The number of phenols is 1. The molecule has 18 heavy (non-hydrogen) atoms. The van der Waals surface area contributed by atoms with Gasteiger partial charge in [-0.1, -0.05) is 49.7 Å². The van der Waals surface area contributed by atoms with Crippen LogP contribution in [0.25, 0.3) is 11.1 Å². The Balaban J connectivity index is 2.67. The van der Waals surface area contributed by atoms with Gasteiger partial charge in [0.2, 0.25) is 0 Å². The highest BCUT2D eigenvalue weighted by Gasteiger charge is 2.13. The molecule has 94 valence electrons. The summed E-state index contributed by atoms with van der Waals surface area (Å²) < 4.78 is 0. The minimum atomic E-state index is 0.425. The van der Waals surface area contributed by atoms with Crippen molar-refractivity contribution in [3.63, 3.8) is 0 Å². The van der Waals surface area contributed by atoms with Crippen LogP contribution in [0, 0.1) is 13.8 Å². The Morgan fingerprint density at radius 3 is 2.33 bits per heavy atom. The molecule has 0 saturated carbocycles. The van der Waals surface area contributed by atoms with Crippen LogP contribution in [-0.4, -0.2) is 5.11 Å². The summed E-state index contributed by atoms with van der Waals surface area (Å²) in [6, 6.07) is 12.4. The van der Waals surface area contributed by atoms with Crippen LogP contribution in [0.4, 0.5) is 0 Å². The molecule has 0 saturated heterocycles. The van der Waals surface area contributed by atoms with Gasteiger partial charge < -0.3 is 5.11 Å². The normalized spacial score (nSPS) is 10.6. The van der Waals surface area contributed by atoms with Crippen molar-refractivity contribution < 1.29 is 5.11 Å². The molecular formula is C17H20O. The topological polar surface area (TPSA) is 20.2 Å². The number of rotatable bonds is 3. The quantitative estimate of drug-likeness (QED) is 0.829. The Hall–Kier alpha value is -1.76. The van der Waals surface area contributed by atoms with E-state index in [1.54, 1.807) is 0 Å². The summed E-state index contributed by atoms with van der Waals surface area (Å²) in [5.74, 6) is 0.425. The maximum atomic E-state index is 10.1. The molecule has 0 aliphatic heterocycles. The van der Waals surface area contributed by atoms with Crippen molar-refractivity contribution in [2.24, 2.45) is 0 Å². The Labute approximate surface area is 109 Å². The first-order valence-electron chi connectivity index (χ1n) is 6.52. The van der Waals surface area contributed by atoms with Crippen LogP contribution in [0.2, 0.25) is 0 Å². The number of phenolic OH excluding ortho intramolecular Hbond substituents is 1. The summed E-state index contributed by atoms with van der Waals surface area (Å²) in [5, 5.41) is 10.1. The lowest BCUT2D eigenvalue weighted by atomic mass is 9.90. The summed E-state index contributed by atoms with van der Waals surface area (Å²) in [4.78, 5) is 0. The molecule has 0 unspecified atom stereocenters. The monoisotopic (exact) mass is 240 g/mol. The lowest BCUT2D eigenvalue weighted by Gasteiger charge is -2.16. The number of aromatic hydroxyl groups is 1. The van der Waals surface area contributed by atoms with Gasteiger partial charge in [-0.2, -0.15) is 0 Å². The summed E-state index contributed by atoms with van der Waals surface area (Å²) in [5.41, 5.74) is 5.67. The molecule has 2 rings (SSSR count). The molecule has 2 aromatic rings. The van der Waals surface area contributed by atoms with Crippen LogP contribution in [0.3, 0.4) is 0 Å². The molecule has 0 fully saturated rings. The molecule has 0 aliphatic rings. The maximum Gasteiger partial charge on any atom is 0.122 e. The number of benzene rings is 2. The molecule has 0 bridgehead atoms. The van der Waals surface area contributed by atoms with Gasteiger partial charge in [-0.05, 0) is 48.1 Å². The van der Waals surface area contributed by atoms with Gasteiger partial charge in [0.15, 0.2) is 0 Å². The van der Waals surface area contributed by atoms with Gasteiger partial charge in [0.05, 0.1) is 0 Å². The Morgan fingerprint density at radius 1 is 1.06 bits per heavy atom. The van der Waals surface area contributed by atoms with E-state index in [4.69, 9.17) is 0 Å². The maximum absolute atomic E-state index is 10.1. The first-order valence-corrected chi connectivity index (χ1v) is 6.52. The smallest absolute Gasteiger partial charge is 0.122 e. The van der Waals surface area contributed by atoms with Crippen LogP contribution in [-0.2, 0) is 6.42 Å². The zero-order valence-corrected chi connectivity index (χ0v) is 11.3. The number of hydrogen-bond donors (Lipinski definition) is 1. The van der Waals surface area contributed by atoms with E-state index in [0.29, 0.717) is 5.75 Å². The van der Waals surface area contributed by atoms with E-state index in [0.717, 1.165) is 24.0 Å². The molecule has 0 aliphatic carbocycles. The van der Waals surface area contributed by atoms with E-state index in [1.165, 1.54) is 16.7 Å². The zero-order valence-electron chi connectivity index (χ0n) is 11.3. The fourth-order valence-corrected chi connectivity index (χ4v) is 2.53. The Kier molecular flexibility index (Phi) is 3.71. The molecule has 1 nitrogen and oxygen atoms in total. The van der Waals surface area contributed by atoms with E-state index in [-0.39, 0.29) is 0 Å². The SMILES string of the molecule is CCCc1cc(C)c(O)c(C)c1-c1ccccc1. The molecule has 0 heterocycles. The summed E-state index contributed by atoms with van der Waals surface area (Å²) in [7, 11) is 0.